The molecule has 4 rings (SSSR count). The van der Waals surface area contributed by atoms with Crippen LogP contribution in [0.2, 0.25) is 0 Å². The summed E-state index contributed by atoms with van der Waals surface area (Å²) in [6, 6.07) is 7.22. The Balaban J connectivity index is 1.95. The van der Waals surface area contributed by atoms with Crippen LogP contribution < -0.4 is 5.73 Å². The molecule has 25 heavy (non-hydrogen) atoms. The van der Waals surface area contributed by atoms with Gasteiger partial charge in [0.2, 0.25) is 0 Å². The number of anilines is 1. The number of nitrogens with zero attached hydrogens (tertiary/aromatic N) is 3. The molecule has 6 nitrogen and oxygen atoms in total. The number of pyridine rings is 1. The van der Waals surface area contributed by atoms with E-state index < -0.39 is 12.5 Å². The highest BCUT2D eigenvalue weighted by molar-refractivity contribution is 5.81. The third-order valence-electron chi connectivity index (χ3n) is 4.77. The van der Waals surface area contributed by atoms with Crippen molar-refractivity contribution < 1.29 is 13.6 Å². The van der Waals surface area contributed by atoms with Gasteiger partial charge in [-0.3, -0.25) is 0 Å². The number of aryl methyl sites for hydroxylation is 2. The third kappa shape index (κ3) is 2.58. The molecule has 6 heteroatoms. The van der Waals surface area contributed by atoms with Crippen LogP contribution >= 0.6 is 0 Å². The van der Waals surface area contributed by atoms with Crippen molar-refractivity contribution >= 4 is 11.3 Å². The summed E-state index contributed by atoms with van der Waals surface area (Å²) in [4.78, 5) is 8.89. The van der Waals surface area contributed by atoms with Gasteiger partial charge in [-0.05, 0) is 37.5 Å². The van der Waals surface area contributed by atoms with Crippen molar-refractivity contribution in [1.29, 1.82) is 0 Å². The Bertz CT molecular complexity index is 1040. The van der Waals surface area contributed by atoms with Crippen molar-refractivity contribution in [1.82, 2.24) is 14.4 Å². The van der Waals surface area contributed by atoms with E-state index in [0.717, 1.165) is 11.3 Å². The van der Waals surface area contributed by atoms with Gasteiger partial charge in [0.25, 0.3) is 0 Å². The van der Waals surface area contributed by atoms with E-state index >= 15 is 0 Å². The Labute approximate surface area is 150 Å². The maximum atomic E-state index is 7.86. The molecule has 0 aromatic carbocycles. The fourth-order valence-electron chi connectivity index (χ4n) is 3.37. The van der Waals surface area contributed by atoms with Crippen LogP contribution in [0.4, 0.5) is 5.82 Å². The second kappa shape index (κ2) is 5.82. The van der Waals surface area contributed by atoms with Gasteiger partial charge in [-0.15, -0.1) is 0 Å². The minimum absolute atomic E-state index is 0.167. The number of methoxy groups -OCH3 is 1. The van der Waals surface area contributed by atoms with Gasteiger partial charge < -0.3 is 19.6 Å². The highest BCUT2D eigenvalue weighted by Crippen LogP contribution is 2.35. The number of hydrogen-bond donors (Lipinski definition) is 1. The Morgan fingerprint density at radius 2 is 2.24 bits per heavy atom. The molecule has 0 spiro atoms. The lowest BCUT2D eigenvalue weighted by molar-refractivity contribution is -0.0245. The summed E-state index contributed by atoms with van der Waals surface area (Å²) in [6.07, 6.45) is 2.15. The number of fused-ring (bicyclic) bond motifs is 1. The number of aromatic nitrogens is 3. The minimum atomic E-state index is -2.29. The molecule has 130 valence electrons. The van der Waals surface area contributed by atoms with Gasteiger partial charge in [-0.2, -0.15) is 0 Å². The van der Waals surface area contributed by atoms with Crippen LogP contribution in [-0.4, -0.2) is 34.7 Å². The van der Waals surface area contributed by atoms with E-state index in [2.05, 4.69) is 4.98 Å². The van der Waals surface area contributed by atoms with Crippen LogP contribution in [0.5, 0.6) is 0 Å². The molecule has 3 aromatic rings. The van der Waals surface area contributed by atoms with Gasteiger partial charge in [-0.1, -0.05) is 0 Å². The molecule has 1 fully saturated rings. The first-order chi connectivity index (χ1) is 13.2. The topological polar surface area (TPSA) is 74.7 Å². The molecule has 0 unspecified atom stereocenters. The zero-order valence-corrected chi connectivity index (χ0v) is 14.2. The van der Waals surface area contributed by atoms with Crippen molar-refractivity contribution in [3.63, 3.8) is 0 Å². The number of nitrogen functional groups attached to an aromatic ring is 1. The van der Waals surface area contributed by atoms with E-state index in [9.17, 15) is 0 Å². The largest absolute Gasteiger partial charge is 0.384 e. The molecule has 1 aliphatic heterocycles. The fourth-order valence-corrected chi connectivity index (χ4v) is 3.37. The Morgan fingerprint density at radius 3 is 2.96 bits per heavy atom. The lowest BCUT2D eigenvalue weighted by Crippen LogP contribution is -2.30. The van der Waals surface area contributed by atoms with Gasteiger partial charge in [0, 0.05) is 41.6 Å². The zero-order valence-electron chi connectivity index (χ0n) is 17.2. The molecule has 0 saturated carbocycles. The van der Waals surface area contributed by atoms with Crippen molar-refractivity contribution in [3.05, 3.63) is 47.5 Å². The smallest absolute Gasteiger partial charge is 0.135 e. The van der Waals surface area contributed by atoms with Crippen LogP contribution in [0.25, 0.3) is 16.8 Å². The van der Waals surface area contributed by atoms with E-state index in [4.69, 9.17) is 24.3 Å². The first kappa shape index (κ1) is 12.9. The first-order valence-electron chi connectivity index (χ1n) is 9.63. The molecular weight excluding hydrogens is 316 g/mol. The average Bonchev–Trinajstić information content (AvgIpc) is 3.26. The SMILES string of the molecule is [2H]C([2H])([2H])c1cc(-c2cc(C)cc([C@]3(OC)CCOC3)n2)c2cc(N)ncn12. The molecule has 4 heterocycles. The van der Waals surface area contributed by atoms with Crippen molar-refractivity contribution in [3.8, 4) is 11.3 Å². The molecule has 0 bridgehead atoms. The van der Waals surface area contributed by atoms with Gasteiger partial charge in [-0.25, -0.2) is 9.97 Å². The molecule has 1 atom stereocenters. The first-order valence-corrected chi connectivity index (χ1v) is 8.13. The number of ether oxygens (including phenoxy) is 2. The number of hydrogen-bond acceptors (Lipinski definition) is 5. The normalized spacial score (nSPS) is 22.7. The summed E-state index contributed by atoms with van der Waals surface area (Å²) in [5, 5.41) is 0. The highest BCUT2D eigenvalue weighted by atomic mass is 16.5. The third-order valence-corrected chi connectivity index (χ3v) is 4.77. The number of nitrogens with two attached hydrogens (primary N) is 1. The summed E-state index contributed by atoms with van der Waals surface area (Å²) in [7, 11) is 1.66. The molecular formula is C19H22N4O2. The molecule has 0 amide bonds. The summed E-state index contributed by atoms with van der Waals surface area (Å²) < 4.78 is 36.5. The predicted octanol–water partition coefficient (Wildman–Crippen LogP) is 2.86. The zero-order chi connectivity index (χ0) is 20.1. The minimum Gasteiger partial charge on any atom is -0.384 e. The molecule has 1 aliphatic rings. The summed E-state index contributed by atoms with van der Waals surface area (Å²) >= 11 is 0. The monoisotopic (exact) mass is 341 g/mol. The Morgan fingerprint density at radius 1 is 1.36 bits per heavy atom. The lowest BCUT2D eigenvalue weighted by Gasteiger charge is -2.26. The van der Waals surface area contributed by atoms with Gasteiger partial charge >= 0.3 is 0 Å². The van der Waals surface area contributed by atoms with Crippen LogP contribution in [0.15, 0.2) is 30.6 Å². The van der Waals surface area contributed by atoms with E-state index in [1.165, 1.54) is 6.33 Å². The van der Waals surface area contributed by atoms with Gasteiger partial charge in [0.1, 0.15) is 17.7 Å². The van der Waals surface area contributed by atoms with Crippen molar-refractivity contribution in [2.24, 2.45) is 0 Å². The van der Waals surface area contributed by atoms with E-state index in [-0.39, 0.29) is 5.69 Å². The van der Waals surface area contributed by atoms with Gasteiger partial charge in [0.05, 0.1) is 23.5 Å². The average molecular weight is 341 g/mol. The van der Waals surface area contributed by atoms with Crippen LogP contribution in [0, 0.1) is 13.8 Å². The predicted molar refractivity (Wildman–Crippen MR) is 96.4 cm³/mol. The molecule has 0 aliphatic carbocycles. The Kier molecular flexibility index (Phi) is 2.99. The van der Waals surface area contributed by atoms with Crippen molar-refractivity contribution in [2.75, 3.05) is 26.1 Å². The van der Waals surface area contributed by atoms with Crippen LogP contribution in [0.1, 0.15) is 27.5 Å². The fraction of sp³-hybridized carbons (Fsp3) is 0.368. The molecule has 3 aromatic heterocycles. The maximum Gasteiger partial charge on any atom is 0.135 e. The summed E-state index contributed by atoms with van der Waals surface area (Å²) in [5.74, 6) is 0.314. The maximum absolute atomic E-state index is 7.86. The van der Waals surface area contributed by atoms with Gasteiger partial charge in [0.15, 0.2) is 0 Å². The molecule has 1 saturated heterocycles. The lowest BCUT2D eigenvalue weighted by atomic mass is 9.95. The number of rotatable bonds is 3. The second-order valence-electron chi connectivity index (χ2n) is 6.43. The quantitative estimate of drug-likeness (QED) is 0.793. The van der Waals surface area contributed by atoms with Crippen molar-refractivity contribution in [2.45, 2.75) is 25.8 Å². The second-order valence-corrected chi connectivity index (χ2v) is 6.43. The molecule has 2 N–H and O–H groups in total. The highest BCUT2D eigenvalue weighted by Gasteiger charge is 2.38. The summed E-state index contributed by atoms with van der Waals surface area (Å²) in [6.45, 7) is 0.734. The standard InChI is InChI=1S/C19H22N4O2/c1-12-6-15(22-17(7-12)19(24-3)4-5-25-10-19)14-8-13(2)23-11-21-18(20)9-16(14)23/h6-9,11H,4-5,10,20H2,1-3H3/t19-/m0/s1/i2D3. The van der Waals surface area contributed by atoms with Crippen LogP contribution in [0.3, 0.4) is 0 Å². The van der Waals surface area contributed by atoms with E-state index in [1.807, 2.05) is 19.1 Å². The van der Waals surface area contributed by atoms with E-state index in [0.29, 0.717) is 42.2 Å². The molecule has 0 radical (unpaired) electrons. The van der Waals surface area contributed by atoms with E-state index in [1.54, 1.807) is 23.6 Å². The van der Waals surface area contributed by atoms with Crippen LogP contribution in [-0.2, 0) is 15.1 Å². The summed E-state index contributed by atoms with van der Waals surface area (Å²) in [5.41, 5.74) is 9.22. The Hall–Kier alpha value is -2.44.